The minimum Gasteiger partial charge on any atom is -0.493 e. The number of H-pyrrole nitrogens is 1. The first kappa shape index (κ1) is 23.5. The van der Waals surface area contributed by atoms with Crippen LogP contribution in [-0.4, -0.2) is 65.6 Å². The Hall–Kier alpha value is -3.94. The fraction of sp³-hybridized carbons (Fsp3) is 0.407. The van der Waals surface area contributed by atoms with E-state index in [0.717, 1.165) is 73.1 Å². The quantitative estimate of drug-likeness (QED) is 0.519. The summed E-state index contributed by atoms with van der Waals surface area (Å²) in [5.41, 5.74) is 5.07. The van der Waals surface area contributed by atoms with Crippen LogP contribution in [0.5, 0.6) is 0 Å². The number of anilines is 3. The molecule has 3 aromatic rings. The Balaban J connectivity index is 1.23. The van der Waals surface area contributed by atoms with Crippen LogP contribution in [0.15, 0.2) is 48.5 Å². The Morgan fingerprint density at radius 2 is 1.92 bits per heavy atom. The molecule has 2 fully saturated rings. The second-order valence-corrected chi connectivity index (χ2v) is 9.36. The third-order valence-electron chi connectivity index (χ3n) is 6.92. The highest BCUT2D eigenvalue weighted by Gasteiger charge is 2.27. The van der Waals surface area contributed by atoms with Crippen LogP contribution in [0.3, 0.4) is 0 Å². The van der Waals surface area contributed by atoms with Gasteiger partial charge in [0.15, 0.2) is 5.65 Å². The van der Waals surface area contributed by atoms with Crippen molar-refractivity contribution in [2.45, 2.75) is 25.4 Å². The average molecular weight is 500 g/mol. The maximum Gasteiger partial charge on any atom is 0.207 e. The lowest BCUT2D eigenvalue weighted by Crippen LogP contribution is -2.36. The number of benzene rings is 1. The third kappa shape index (κ3) is 5.14. The van der Waals surface area contributed by atoms with Gasteiger partial charge in [-0.15, -0.1) is 0 Å². The van der Waals surface area contributed by atoms with Gasteiger partial charge in [0.05, 0.1) is 38.2 Å². The van der Waals surface area contributed by atoms with Crippen LogP contribution in [0.4, 0.5) is 17.3 Å². The molecule has 0 bridgehead atoms. The van der Waals surface area contributed by atoms with Crippen molar-refractivity contribution >= 4 is 34.1 Å². The lowest BCUT2D eigenvalue weighted by molar-refractivity contribution is -0.00914. The lowest BCUT2D eigenvalue weighted by Gasteiger charge is -2.29. The number of morpholine rings is 1. The lowest BCUT2D eigenvalue weighted by atomic mass is 9.91. The molecule has 2 saturated heterocycles. The van der Waals surface area contributed by atoms with Crippen LogP contribution in [-0.2, 0) is 14.2 Å². The molecule has 190 valence electrons. The molecule has 0 saturated carbocycles. The molecule has 2 N–H and O–H groups in total. The van der Waals surface area contributed by atoms with E-state index >= 15 is 0 Å². The summed E-state index contributed by atoms with van der Waals surface area (Å²) in [6, 6.07) is 10.7. The average Bonchev–Trinajstić information content (AvgIpc) is 3.37. The highest BCUT2D eigenvalue weighted by Crippen LogP contribution is 2.35. The summed E-state index contributed by atoms with van der Waals surface area (Å²) in [4.78, 5) is 19.2. The summed E-state index contributed by atoms with van der Waals surface area (Å²) in [7, 11) is 0. The maximum absolute atomic E-state index is 9.86. The highest BCUT2D eigenvalue weighted by atomic mass is 16.5. The SMILES string of the molecule is N#C[C@@H]1CC(c2ncnc3nc(Nc4cccc(N5CCOCC5)c4)[nH]c23)=CC=C1OC1CCOCC1. The van der Waals surface area contributed by atoms with Gasteiger partial charge < -0.3 is 29.4 Å². The standard InChI is InChI=1S/C27H29N7O3/c28-16-19-14-18(4-5-23(19)37-22-6-10-35-11-7-22)24-25-26(30-17-29-24)33-27(32-25)31-20-2-1-3-21(15-20)34-8-12-36-13-9-34/h1-5,15,17,19,22H,6-14H2,(H2,29,30,31,32,33)/t19-/m0/s1. The molecule has 3 aliphatic rings. The molecule has 2 aromatic heterocycles. The maximum atomic E-state index is 9.86. The first-order valence-corrected chi connectivity index (χ1v) is 12.7. The van der Waals surface area contributed by atoms with Gasteiger partial charge in [-0.1, -0.05) is 12.1 Å². The third-order valence-corrected chi connectivity index (χ3v) is 6.92. The number of nitrogens with zero attached hydrogens (tertiary/aromatic N) is 5. The zero-order chi connectivity index (χ0) is 25.0. The summed E-state index contributed by atoms with van der Waals surface area (Å²) in [6.45, 7) is 4.63. The predicted octanol–water partition coefficient (Wildman–Crippen LogP) is 3.94. The number of ether oxygens (including phenoxy) is 3. The van der Waals surface area contributed by atoms with E-state index in [1.807, 2.05) is 24.3 Å². The Bertz CT molecular complexity index is 1360. The molecule has 37 heavy (non-hydrogen) atoms. The number of imidazole rings is 1. The number of allylic oxidation sites excluding steroid dienone is 4. The molecule has 1 aromatic carbocycles. The van der Waals surface area contributed by atoms with Crippen LogP contribution in [0.1, 0.15) is 25.0 Å². The van der Waals surface area contributed by atoms with E-state index < -0.39 is 0 Å². The minimum atomic E-state index is -0.365. The predicted molar refractivity (Wildman–Crippen MR) is 139 cm³/mol. The first-order valence-electron chi connectivity index (χ1n) is 12.7. The monoisotopic (exact) mass is 499 g/mol. The second kappa shape index (κ2) is 10.6. The zero-order valence-corrected chi connectivity index (χ0v) is 20.5. The number of hydrogen-bond donors (Lipinski definition) is 2. The van der Waals surface area contributed by atoms with Gasteiger partial charge in [-0.3, -0.25) is 0 Å². The van der Waals surface area contributed by atoms with Crippen molar-refractivity contribution in [2.75, 3.05) is 49.7 Å². The molecule has 6 rings (SSSR count). The van der Waals surface area contributed by atoms with E-state index in [1.54, 1.807) is 0 Å². The number of aromatic nitrogens is 4. The van der Waals surface area contributed by atoms with Gasteiger partial charge in [-0.2, -0.15) is 10.2 Å². The van der Waals surface area contributed by atoms with Crippen molar-refractivity contribution in [1.82, 2.24) is 19.9 Å². The molecule has 10 heteroatoms. The smallest absolute Gasteiger partial charge is 0.207 e. The summed E-state index contributed by atoms with van der Waals surface area (Å²) >= 11 is 0. The van der Waals surface area contributed by atoms with Crippen LogP contribution in [0.2, 0.25) is 0 Å². The van der Waals surface area contributed by atoms with Crippen molar-refractivity contribution in [3.8, 4) is 6.07 Å². The number of fused-ring (bicyclic) bond motifs is 1. The van der Waals surface area contributed by atoms with E-state index in [1.165, 1.54) is 6.33 Å². The zero-order valence-electron chi connectivity index (χ0n) is 20.5. The first-order chi connectivity index (χ1) is 18.3. The number of hydrogen-bond acceptors (Lipinski definition) is 9. The fourth-order valence-electron chi connectivity index (χ4n) is 4.95. The van der Waals surface area contributed by atoms with Gasteiger partial charge >= 0.3 is 0 Å². The molecule has 10 nitrogen and oxygen atoms in total. The molecule has 0 unspecified atom stereocenters. The molecule has 0 radical (unpaired) electrons. The Labute approximate surface area is 215 Å². The molecule has 0 spiro atoms. The van der Waals surface area contributed by atoms with Crippen molar-refractivity contribution in [3.63, 3.8) is 0 Å². The number of nitrogens with one attached hydrogen (secondary N) is 2. The van der Waals surface area contributed by atoms with E-state index in [9.17, 15) is 5.26 Å². The molecular weight excluding hydrogens is 470 g/mol. The fourth-order valence-corrected chi connectivity index (χ4v) is 4.95. The molecular formula is C27H29N7O3. The minimum absolute atomic E-state index is 0.0968. The molecule has 0 amide bonds. The van der Waals surface area contributed by atoms with Gasteiger partial charge in [0.25, 0.3) is 0 Å². The highest BCUT2D eigenvalue weighted by molar-refractivity contribution is 5.87. The summed E-state index contributed by atoms with van der Waals surface area (Å²) < 4.78 is 17.1. The number of aromatic amines is 1. The van der Waals surface area contributed by atoms with Crippen molar-refractivity contribution in [1.29, 1.82) is 5.26 Å². The van der Waals surface area contributed by atoms with Crippen LogP contribution < -0.4 is 10.2 Å². The van der Waals surface area contributed by atoms with E-state index in [4.69, 9.17) is 14.2 Å². The number of rotatable bonds is 6. The van der Waals surface area contributed by atoms with E-state index in [2.05, 4.69) is 48.4 Å². The van der Waals surface area contributed by atoms with Gasteiger partial charge in [0.1, 0.15) is 29.6 Å². The second-order valence-electron chi connectivity index (χ2n) is 9.36. The summed E-state index contributed by atoms with van der Waals surface area (Å²) in [5, 5.41) is 13.2. The Morgan fingerprint density at radius 3 is 2.76 bits per heavy atom. The molecule has 1 atom stereocenters. The van der Waals surface area contributed by atoms with E-state index in [-0.39, 0.29) is 12.0 Å². The Morgan fingerprint density at radius 1 is 1.08 bits per heavy atom. The van der Waals surface area contributed by atoms with Crippen LogP contribution in [0.25, 0.3) is 16.7 Å². The molecule has 4 heterocycles. The van der Waals surface area contributed by atoms with Gasteiger partial charge in [-0.25, -0.2) is 9.97 Å². The van der Waals surface area contributed by atoms with Gasteiger partial charge in [-0.05, 0) is 36.3 Å². The Kier molecular flexibility index (Phi) is 6.71. The van der Waals surface area contributed by atoms with Crippen molar-refractivity contribution in [3.05, 3.63) is 54.2 Å². The van der Waals surface area contributed by atoms with Crippen molar-refractivity contribution < 1.29 is 14.2 Å². The van der Waals surface area contributed by atoms with Gasteiger partial charge in [0.2, 0.25) is 5.95 Å². The largest absolute Gasteiger partial charge is 0.493 e. The molecule has 2 aliphatic heterocycles. The normalized spacial score (nSPS) is 20.7. The summed E-state index contributed by atoms with van der Waals surface area (Å²) in [6.07, 6.45) is 7.71. The van der Waals surface area contributed by atoms with Gasteiger partial charge in [0, 0.05) is 37.3 Å². The van der Waals surface area contributed by atoms with Crippen LogP contribution >= 0.6 is 0 Å². The van der Waals surface area contributed by atoms with Crippen molar-refractivity contribution in [2.24, 2.45) is 5.92 Å². The van der Waals surface area contributed by atoms with E-state index in [0.29, 0.717) is 31.2 Å². The van der Waals surface area contributed by atoms with Crippen LogP contribution in [0, 0.1) is 17.2 Å². The summed E-state index contributed by atoms with van der Waals surface area (Å²) in [5.74, 6) is 0.940. The molecule has 1 aliphatic carbocycles. The number of nitriles is 1. The topological polar surface area (TPSA) is 121 Å².